The van der Waals surface area contributed by atoms with Gasteiger partial charge >= 0.3 is 0 Å². The number of carbonyl (C=O) groups is 2. The van der Waals surface area contributed by atoms with Gasteiger partial charge in [-0.25, -0.2) is 4.39 Å². The molecule has 1 unspecified atom stereocenters. The Balaban J connectivity index is 2.12. The number of halogens is 1. The highest BCUT2D eigenvalue weighted by molar-refractivity contribution is 5.97. The Morgan fingerprint density at radius 2 is 2.25 bits per heavy atom. The number of likely N-dealkylation sites (tertiary alicyclic amines) is 1. The number of rotatable bonds is 6. The first-order valence-corrected chi connectivity index (χ1v) is 8.26. The average Bonchev–Trinajstić information content (AvgIpc) is 2.61. The first kappa shape index (κ1) is 18.2. The molecular weight excluding hydrogens is 313 g/mol. The minimum atomic E-state index is -0.558. The summed E-state index contributed by atoms with van der Waals surface area (Å²) >= 11 is 0. The van der Waals surface area contributed by atoms with Crippen LogP contribution in [0.3, 0.4) is 0 Å². The number of amides is 2. The average molecular weight is 337 g/mol. The molecule has 0 radical (unpaired) electrons. The maximum absolute atomic E-state index is 13.9. The first-order valence-electron chi connectivity index (χ1n) is 8.26. The van der Waals surface area contributed by atoms with Crippen LogP contribution in [0.4, 0.5) is 4.39 Å². The fourth-order valence-corrected chi connectivity index (χ4v) is 2.85. The van der Waals surface area contributed by atoms with Crippen LogP contribution in [0.5, 0.6) is 5.75 Å². The maximum atomic E-state index is 13.9. The molecule has 0 bridgehead atoms. The van der Waals surface area contributed by atoms with Crippen molar-refractivity contribution in [2.24, 2.45) is 11.7 Å². The number of nitrogens with zero attached hydrogens (tertiary/aromatic N) is 1. The highest BCUT2D eigenvalue weighted by Gasteiger charge is 2.30. The molecule has 0 spiro atoms. The summed E-state index contributed by atoms with van der Waals surface area (Å²) < 4.78 is 19.2. The van der Waals surface area contributed by atoms with Crippen molar-refractivity contribution in [3.05, 3.63) is 29.6 Å². The van der Waals surface area contributed by atoms with E-state index >= 15 is 0 Å². The van der Waals surface area contributed by atoms with Gasteiger partial charge in [-0.15, -0.1) is 0 Å². The minimum Gasteiger partial charge on any atom is -0.490 e. The zero-order valence-electron chi connectivity index (χ0n) is 13.9. The molecule has 7 heteroatoms. The molecule has 24 heavy (non-hydrogen) atoms. The van der Waals surface area contributed by atoms with Crippen molar-refractivity contribution >= 4 is 11.8 Å². The van der Waals surface area contributed by atoms with E-state index in [1.54, 1.807) is 17.9 Å². The number of para-hydroxylation sites is 1. The second kappa shape index (κ2) is 8.63. The van der Waals surface area contributed by atoms with Crippen molar-refractivity contribution in [3.63, 3.8) is 0 Å². The minimum absolute atomic E-state index is 0.0280. The maximum Gasteiger partial charge on any atom is 0.257 e. The first-order chi connectivity index (χ1) is 11.6. The highest BCUT2D eigenvalue weighted by Crippen LogP contribution is 2.26. The third-order valence-electron chi connectivity index (χ3n) is 4.01. The lowest BCUT2D eigenvalue weighted by Gasteiger charge is -2.32. The van der Waals surface area contributed by atoms with Gasteiger partial charge in [0.25, 0.3) is 5.91 Å². The van der Waals surface area contributed by atoms with Crippen LogP contribution < -0.4 is 15.8 Å². The molecule has 3 N–H and O–H groups in total. The van der Waals surface area contributed by atoms with Crippen LogP contribution in [0.2, 0.25) is 0 Å². The molecule has 0 aliphatic carbocycles. The van der Waals surface area contributed by atoms with E-state index in [0.717, 1.165) is 12.8 Å². The Morgan fingerprint density at radius 1 is 1.46 bits per heavy atom. The molecule has 1 aliphatic heterocycles. The summed E-state index contributed by atoms with van der Waals surface area (Å²) in [5, 5.41) is 2.76. The van der Waals surface area contributed by atoms with Crippen molar-refractivity contribution in [2.45, 2.75) is 19.8 Å². The molecule has 1 fully saturated rings. The van der Waals surface area contributed by atoms with Crippen molar-refractivity contribution in [2.75, 3.05) is 32.8 Å². The van der Waals surface area contributed by atoms with Crippen molar-refractivity contribution in [1.29, 1.82) is 0 Å². The third-order valence-corrected chi connectivity index (χ3v) is 4.01. The van der Waals surface area contributed by atoms with E-state index in [4.69, 9.17) is 10.5 Å². The SMILES string of the molecule is CCOc1c(F)cccc1C(=O)N1CCCC(C(=O)NCCN)C1. The zero-order chi connectivity index (χ0) is 17.5. The quantitative estimate of drug-likeness (QED) is 0.815. The standard InChI is InChI=1S/C17H24FN3O3/c1-2-24-15-13(6-3-7-14(15)18)17(23)21-10-4-5-12(11-21)16(22)20-9-8-19/h3,6-7,12H,2,4-5,8-11,19H2,1H3,(H,20,22). The second-order valence-electron chi connectivity index (χ2n) is 5.72. The number of benzene rings is 1. The summed E-state index contributed by atoms with van der Waals surface area (Å²) in [5.74, 6) is -1.26. The van der Waals surface area contributed by atoms with Gasteiger partial charge in [-0.2, -0.15) is 0 Å². The van der Waals surface area contributed by atoms with Crippen LogP contribution >= 0.6 is 0 Å². The molecule has 1 heterocycles. The second-order valence-corrected chi connectivity index (χ2v) is 5.72. The molecule has 0 saturated carbocycles. The Morgan fingerprint density at radius 3 is 2.96 bits per heavy atom. The fourth-order valence-electron chi connectivity index (χ4n) is 2.85. The third kappa shape index (κ3) is 4.23. The smallest absolute Gasteiger partial charge is 0.257 e. The Bertz CT molecular complexity index is 594. The number of piperidine rings is 1. The van der Waals surface area contributed by atoms with Gasteiger partial charge in [0.1, 0.15) is 0 Å². The number of nitrogens with two attached hydrogens (primary N) is 1. The highest BCUT2D eigenvalue weighted by atomic mass is 19.1. The van der Waals surface area contributed by atoms with Crippen LogP contribution in [0.1, 0.15) is 30.1 Å². The van der Waals surface area contributed by atoms with Crippen LogP contribution in [-0.2, 0) is 4.79 Å². The molecular formula is C17H24FN3O3. The van der Waals surface area contributed by atoms with Gasteiger partial charge in [0.05, 0.1) is 18.1 Å². The summed E-state index contributed by atoms with van der Waals surface area (Å²) in [4.78, 5) is 26.4. The number of hydrogen-bond donors (Lipinski definition) is 2. The Hall–Kier alpha value is -2.15. The summed E-state index contributed by atoms with van der Waals surface area (Å²) in [6.45, 7) is 3.66. The van der Waals surface area contributed by atoms with E-state index in [-0.39, 0.29) is 35.7 Å². The van der Waals surface area contributed by atoms with E-state index in [1.165, 1.54) is 12.1 Å². The van der Waals surface area contributed by atoms with Gasteiger partial charge in [-0.1, -0.05) is 6.07 Å². The molecule has 6 nitrogen and oxygen atoms in total. The number of nitrogens with one attached hydrogen (secondary N) is 1. The predicted octanol–water partition coefficient (Wildman–Crippen LogP) is 1.15. The van der Waals surface area contributed by atoms with E-state index in [0.29, 0.717) is 26.2 Å². The van der Waals surface area contributed by atoms with Gasteiger partial charge in [0, 0.05) is 26.2 Å². The van der Waals surface area contributed by atoms with Gasteiger partial charge in [0.15, 0.2) is 11.6 Å². The molecule has 1 atom stereocenters. The number of carbonyl (C=O) groups excluding carboxylic acids is 2. The topological polar surface area (TPSA) is 84.7 Å². The van der Waals surface area contributed by atoms with Gasteiger partial charge < -0.3 is 20.7 Å². The van der Waals surface area contributed by atoms with E-state index in [9.17, 15) is 14.0 Å². The summed E-state index contributed by atoms with van der Waals surface area (Å²) in [6, 6.07) is 4.30. The largest absolute Gasteiger partial charge is 0.490 e. The number of hydrogen-bond acceptors (Lipinski definition) is 4. The predicted molar refractivity (Wildman–Crippen MR) is 88.3 cm³/mol. The summed E-state index contributed by atoms with van der Waals surface area (Å²) in [7, 11) is 0. The lowest BCUT2D eigenvalue weighted by Crippen LogP contribution is -2.46. The molecule has 1 saturated heterocycles. The monoisotopic (exact) mass is 337 g/mol. The molecule has 1 aromatic carbocycles. The van der Waals surface area contributed by atoms with Gasteiger partial charge in [-0.3, -0.25) is 9.59 Å². The van der Waals surface area contributed by atoms with Crippen LogP contribution in [0, 0.1) is 11.7 Å². The van der Waals surface area contributed by atoms with Crippen LogP contribution in [0.25, 0.3) is 0 Å². The fraction of sp³-hybridized carbons (Fsp3) is 0.529. The lowest BCUT2D eigenvalue weighted by atomic mass is 9.96. The molecule has 132 valence electrons. The normalized spacial score (nSPS) is 17.5. The van der Waals surface area contributed by atoms with E-state index in [2.05, 4.69) is 5.32 Å². The Labute approximate surface area is 141 Å². The van der Waals surface area contributed by atoms with Gasteiger partial charge in [0.2, 0.25) is 5.91 Å². The summed E-state index contributed by atoms with van der Waals surface area (Å²) in [5.41, 5.74) is 5.58. The molecule has 1 aliphatic rings. The molecule has 0 aromatic heterocycles. The van der Waals surface area contributed by atoms with Crippen molar-refractivity contribution < 1.29 is 18.7 Å². The molecule has 2 amide bonds. The van der Waals surface area contributed by atoms with Gasteiger partial charge in [-0.05, 0) is 31.9 Å². The van der Waals surface area contributed by atoms with E-state index in [1.807, 2.05) is 0 Å². The van der Waals surface area contributed by atoms with Crippen LogP contribution in [-0.4, -0.2) is 49.5 Å². The van der Waals surface area contributed by atoms with E-state index < -0.39 is 5.82 Å². The molecule has 1 aromatic rings. The Kier molecular flexibility index (Phi) is 6.54. The van der Waals surface area contributed by atoms with Crippen LogP contribution in [0.15, 0.2) is 18.2 Å². The summed E-state index contributed by atoms with van der Waals surface area (Å²) in [6.07, 6.45) is 1.45. The molecule has 2 rings (SSSR count). The number of ether oxygens (including phenoxy) is 1. The van der Waals surface area contributed by atoms with Crippen molar-refractivity contribution in [1.82, 2.24) is 10.2 Å². The van der Waals surface area contributed by atoms with Crippen molar-refractivity contribution in [3.8, 4) is 5.75 Å². The lowest BCUT2D eigenvalue weighted by molar-refractivity contribution is -0.126. The zero-order valence-corrected chi connectivity index (χ0v) is 13.9.